The molecule has 0 fully saturated rings. The van der Waals surface area contributed by atoms with E-state index in [1.807, 2.05) is 0 Å². The number of alkyl carbamates (subject to hydrolysis) is 1. The summed E-state index contributed by atoms with van der Waals surface area (Å²) in [5.74, 6) is -2.50. The average Bonchev–Trinajstić information content (AvgIpc) is 2.84. The van der Waals surface area contributed by atoms with Crippen molar-refractivity contribution in [3.8, 4) is 0 Å². The van der Waals surface area contributed by atoms with Crippen molar-refractivity contribution >= 4 is 17.9 Å². The zero-order valence-electron chi connectivity index (χ0n) is 16.9. The summed E-state index contributed by atoms with van der Waals surface area (Å²) in [4.78, 5) is 38.6. The topological polar surface area (TPSA) is 75.7 Å². The van der Waals surface area contributed by atoms with Crippen molar-refractivity contribution in [2.45, 2.75) is 38.8 Å². The Morgan fingerprint density at radius 1 is 1.03 bits per heavy atom. The Balaban J connectivity index is 1.83. The van der Waals surface area contributed by atoms with Gasteiger partial charge in [0.15, 0.2) is 0 Å². The van der Waals surface area contributed by atoms with Gasteiger partial charge < -0.3 is 10.1 Å². The molecule has 1 aliphatic rings. The summed E-state index contributed by atoms with van der Waals surface area (Å²) in [6, 6.07) is 8.60. The standard InChI is InChI=1S/C22H22F2N2O4/c1-22(2,3)30-21(29)25-16(10-13-8-14(23)11-15(24)9-13)12-26-19(27)17-6-4-5-7-18(17)20(26)28/h4-9,11,16H,10,12H2,1-3H3,(H,25,29)/t16-/m0/s1. The van der Waals surface area contributed by atoms with Gasteiger partial charge in [0, 0.05) is 6.07 Å². The molecule has 1 aliphatic heterocycles. The lowest BCUT2D eigenvalue weighted by Gasteiger charge is -2.26. The maximum atomic E-state index is 13.6. The zero-order chi connectivity index (χ0) is 22.1. The lowest BCUT2D eigenvalue weighted by molar-refractivity contribution is 0.0468. The van der Waals surface area contributed by atoms with Gasteiger partial charge in [0.25, 0.3) is 11.8 Å². The molecule has 6 nitrogen and oxygen atoms in total. The average molecular weight is 416 g/mol. The summed E-state index contributed by atoms with van der Waals surface area (Å²) in [6.45, 7) is 4.89. The Morgan fingerprint density at radius 2 is 1.57 bits per heavy atom. The molecule has 0 radical (unpaired) electrons. The molecule has 0 bridgehead atoms. The minimum atomic E-state index is -0.816. The number of nitrogens with one attached hydrogen (secondary N) is 1. The van der Waals surface area contributed by atoms with E-state index in [-0.39, 0.29) is 29.7 Å². The fourth-order valence-electron chi connectivity index (χ4n) is 3.27. The number of carbonyl (C=O) groups excluding carboxylic acids is 3. The normalized spacial score (nSPS) is 14.5. The van der Waals surface area contributed by atoms with Crippen LogP contribution in [0, 0.1) is 11.6 Å². The van der Waals surface area contributed by atoms with Gasteiger partial charge in [0.2, 0.25) is 0 Å². The van der Waals surface area contributed by atoms with Crippen LogP contribution in [-0.2, 0) is 11.2 Å². The van der Waals surface area contributed by atoms with Crippen LogP contribution < -0.4 is 5.32 Å². The third kappa shape index (κ3) is 5.00. The third-order valence-electron chi connectivity index (χ3n) is 4.41. The van der Waals surface area contributed by atoms with E-state index in [1.54, 1.807) is 45.0 Å². The predicted molar refractivity (Wildman–Crippen MR) is 105 cm³/mol. The molecule has 0 saturated carbocycles. The van der Waals surface area contributed by atoms with Gasteiger partial charge in [-0.25, -0.2) is 13.6 Å². The first-order valence-electron chi connectivity index (χ1n) is 9.43. The molecule has 1 N–H and O–H groups in total. The second-order valence-electron chi connectivity index (χ2n) is 8.09. The number of halogens is 2. The number of nitrogens with zero attached hydrogens (tertiary/aromatic N) is 1. The van der Waals surface area contributed by atoms with Gasteiger partial charge in [-0.15, -0.1) is 0 Å². The molecule has 1 heterocycles. The van der Waals surface area contributed by atoms with Crippen molar-refractivity contribution in [3.63, 3.8) is 0 Å². The lowest BCUT2D eigenvalue weighted by atomic mass is 10.0. The van der Waals surface area contributed by atoms with Crippen molar-refractivity contribution in [3.05, 3.63) is 70.8 Å². The summed E-state index contributed by atoms with van der Waals surface area (Å²) in [5.41, 5.74) is 0.0468. The second-order valence-corrected chi connectivity index (χ2v) is 8.09. The van der Waals surface area contributed by atoms with Gasteiger partial charge in [-0.3, -0.25) is 14.5 Å². The molecule has 0 saturated heterocycles. The Labute approximate surface area is 172 Å². The summed E-state index contributed by atoms with van der Waals surface area (Å²) in [6.07, 6.45) is -0.776. The lowest BCUT2D eigenvalue weighted by Crippen LogP contribution is -2.48. The Morgan fingerprint density at radius 3 is 2.07 bits per heavy atom. The molecule has 1 atom stereocenters. The molecule has 2 aromatic carbocycles. The van der Waals surface area contributed by atoms with E-state index in [1.165, 1.54) is 0 Å². The molecule has 0 spiro atoms. The van der Waals surface area contributed by atoms with Crippen LogP contribution in [0.15, 0.2) is 42.5 Å². The van der Waals surface area contributed by atoms with E-state index in [2.05, 4.69) is 5.32 Å². The number of carbonyl (C=O) groups is 3. The SMILES string of the molecule is CC(C)(C)OC(=O)N[C@@H](Cc1cc(F)cc(F)c1)CN1C(=O)c2ccccc2C1=O. The van der Waals surface area contributed by atoms with E-state index in [0.29, 0.717) is 0 Å². The van der Waals surface area contributed by atoms with Crippen LogP contribution in [0.1, 0.15) is 47.1 Å². The maximum absolute atomic E-state index is 13.6. The number of hydrogen-bond donors (Lipinski definition) is 1. The fourth-order valence-corrected chi connectivity index (χ4v) is 3.27. The number of fused-ring (bicyclic) bond motifs is 1. The highest BCUT2D eigenvalue weighted by Crippen LogP contribution is 2.23. The first-order chi connectivity index (χ1) is 14.0. The number of imide groups is 1. The number of hydrogen-bond acceptors (Lipinski definition) is 4. The van der Waals surface area contributed by atoms with Crippen LogP contribution in [0.3, 0.4) is 0 Å². The van der Waals surface area contributed by atoms with Gasteiger partial charge in [0.1, 0.15) is 17.2 Å². The van der Waals surface area contributed by atoms with Gasteiger partial charge >= 0.3 is 6.09 Å². The van der Waals surface area contributed by atoms with Gasteiger partial charge in [-0.05, 0) is 57.0 Å². The van der Waals surface area contributed by atoms with Crippen LogP contribution >= 0.6 is 0 Å². The summed E-state index contributed by atoms with van der Waals surface area (Å²) in [7, 11) is 0. The van der Waals surface area contributed by atoms with E-state index < -0.39 is 41.2 Å². The van der Waals surface area contributed by atoms with Crippen molar-refractivity contribution in [1.82, 2.24) is 10.2 Å². The van der Waals surface area contributed by atoms with E-state index >= 15 is 0 Å². The number of amides is 3. The number of benzene rings is 2. The van der Waals surface area contributed by atoms with Crippen LogP contribution in [-0.4, -0.2) is 41.0 Å². The molecule has 8 heteroatoms. The summed E-state index contributed by atoms with van der Waals surface area (Å²) in [5, 5.41) is 2.60. The molecule has 3 amide bonds. The van der Waals surface area contributed by atoms with Gasteiger partial charge in [-0.1, -0.05) is 12.1 Å². The zero-order valence-corrected chi connectivity index (χ0v) is 16.9. The molecule has 0 aliphatic carbocycles. The van der Waals surface area contributed by atoms with Crippen molar-refractivity contribution < 1.29 is 27.9 Å². The molecule has 0 aromatic heterocycles. The Bertz CT molecular complexity index is 946. The second kappa shape index (κ2) is 8.22. The number of ether oxygens (including phenoxy) is 1. The van der Waals surface area contributed by atoms with Crippen molar-refractivity contribution in [1.29, 1.82) is 0 Å². The highest BCUT2D eigenvalue weighted by atomic mass is 19.1. The molecule has 3 rings (SSSR count). The van der Waals surface area contributed by atoms with E-state index in [4.69, 9.17) is 4.74 Å². The molecule has 30 heavy (non-hydrogen) atoms. The first kappa shape index (κ1) is 21.4. The predicted octanol–water partition coefficient (Wildman–Crippen LogP) is 3.70. The highest BCUT2D eigenvalue weighted by molar-refractivity contribution is 6.21. The number of rotatable bonds is 5. The minimum absolute atomic E-state index is 0.0126. The summed E-state index contributed by atoms with van der Waals surface area (Å²) >= 11 is 0. The van der Waals surface area contributed by atoms with Crippen molar-refractivity contribution in [2.75, 3.05) is 6.54 Å². The Hall–Kier alpha value is -3.29. The molecule has 158 valence electrons. The monoisotopic (exact) mass is 416 g/mol. The van der Waals surface area contributed by atoms with E-state index in [9.17, 15) is 23.2 Å². The maximum Gasteiger partial charge on any atom is 0.407 e. The van der Waals surface area contributed by atoms with Gasteiger partial charge in [0.05, 0.1) is 23.7 Å². The highest BCUT2D eigenvalue weighted by Gasteiger charge is 2.37. The van der Waals surface area contributed by atoms with Gasteiger partial charge in [-0.2, -0.15) is 0 Å². The molecular weight excluding hydrogens is 394 g/mol. The van der Waals surface area contributed by atoms with Crippen LogP contribution in [0.25, 0.3) is 0 Å². The smallest absolute Gasteiger partial charge is 0.407 e. The quantitative estimate of drug-likeness (QED) is 0.755. The van der Waals surface area contributed by atoms with Crippen LogP contribution in [0.2, 0.25) is 0 Å². The van der Waals surface area contributed by atoms with Crippen LogP contribution in [0.4, 0.5) is 13.6 Å². The first-order valence-corrected chi connectivity index (χ1v) is 9.43. The van der Waals surface area contributed by atoms with E-state index in [0.717, 1.165) is 23.1 Å². The third-order valence-corrected chi connectivity index (χ3v) is 4.41. The minimum Gasteiger partial charge on any atom is -0.444 e. The Kier molecular flexibility index (Phi) is 5.87. The summed E-state index contributed by atoms with van der Waals surface area (Å²) < 4.78 is 32.4. The fraction of sp³-hybridized carbons (Fsp3) is 0.318. The molecular formula is C22H22F2N2O4. The van der Waals surface area contributed by atoms with Crippen molar-refractivity contribution in [2.24, 2.45) is 0 Å². The molecule has 0 unspecified atom stereocenters. The van der Waals surface area contributed by atoms with Crippen LogP contribution in [0.5, 0.6) is 0 Å². The largest absolute Gasteiger partial charge is 0.444 e. The molecule has 2 aromatic rings.